The number of thioether (sulfide) groups is 1. The summed E-state index contributed by atoms with van der Waals surface area (Å²) in [6.45, 7) is 1.57. The molecule has 1 aromatic carbocycles. The Morgan fingerprint density at radius 2 is 2.14 bits per heavy atom. The van der Waals surface area contributed by atoms with Gasteiger partial charge in [-0.2, -0.15) is 0 Å². The highest BCUT2D eigenvalue weighted by atomic mass is 32.2. The van der Waals surface area contributed by atoms with Crippen LogP contribution in [-0.2, 0) is 4.79 Å². The number of hydrogen-bond acceptors (Lipinski definition) is 7. The number of aromatic nitrogens is 1. The average molecular weight is 322 g/mol. The van der Waals surface area contributed by atoms with E-state index in [2.05, 4.69) is 9.98 Å². The maximum Gasteiger partial charge on any atom is 0.155 e. The number of ketones is 1. The van der Waals surface area contributed by atoms with Gasteiger partial charge in [-0.05, 0) is 13.0 Å². The Hall–Kier alpha value is -1.60. The van der Waals surface area contributed by atoms with Gasteiger partial charge in [0.15, 0.2) is 5.78 Å². The molecule has 1 unspecified atom stereocenters. The van der Waals surface area contributed by atoms with Crippen LogP contribution in [0.2, 0.25) is 0 Å². The number of carbonyl (C=O) groups excluding carboxylic acids is 1. The Balaban J connectivity index is 2.05. The molecule has 1 atom stereocenters. The molecule has 0 saturated carbocycles. The van der Waals surface area contributed by atoms with E-state index >= 15 is 0 Å². The quantitative estimate of drug-likeness (QED) is 0.866. The van der Waals surface area contributed by atoms with Crippen LogP contribution in [0.1, 0.15) is 11.9 Å². The van der Waals surface area contributed by atoms with Crippen LogP contribution in [0, 0.1) is 0 Å². The van der Waals surface area contributed by atoms with Crippen molar-refractivity contribution in [3.05, 3.63) is 17.1 Å². The highest BCUT2D eigenvalue weighted by Gasteiger charge is 2.25. The van der Waals surface area contributed by atoms with E-state index in [1.54, 1.807) is 32.9 Å². The minimum Gasteiger partial charge on any atom is -0.497 e. The zero-order valence-corrected chi connectivity index (χ0v) is 13.5. The Labute approximate surface area is 130 Å². The van der Waals surface area contributed by atoms with Gasteiger partial charge in [-0.3, -0.25) is 9.79 Å². The fourth-order valence-electron chi connectivity index (χ4n) is 2.04. The van der Waals surface area contributed by atoms with Gasteiger partial charge in [0.1, 0.15) is 33.1 Å². The molecule has 0 aliphatic carbocycles. The zero-order chi connectivity index (χ0) is 15.0. The number of rotatable bonds is 4. The van der Waals surface area contributed by atoms with Crippen LogP contribution < -0.4 is 9.47 Å². The second kappa shape index (κ2) is 5.65. The summed E-state index contributed by atoms with van der Waals surface area (Å²) in [5.74, 6) is 2.20. The van der Waals surface area contributed by atoms with Gasteiger partial charge in [0.25, 0.3) is 0 Å². The molecule has 7 heteroatoms. The summed E-state index contributed by atoms with van der Waals surface area (Å²) in [6, 6.07) is 3.50. The van der Waals surface area contributed by atoms with Crippen molar-refractivity contribution in [2.24, 2.45) is 4.99 Å². The van der Waals surface area contributed by atoms with Crippen molar-refractivity contribution in [1.29, 1.82) is 0 Å². The molecule has 0 bridgehead atoms. The van der Waals surface area contributed by atoms with Crippen LogP contribution in [0.25, 0.3) is 10.2 Å². The topological polar surface area (TPSA) is 60.8 Å². The molecular weight excluding hydrogens is 308 g/mol. The zero-order valence-electron chi connectivity index (χ0n) is 11.9. The Kier molecular flexibility index (Phi) is 3.86. The lowest BCUT2D eigenvalue weighted by atomic mass is 10.2. The molecule has 0 N–H and O–H groups in total. The summed E-state index contributed by atoms with van der Waals surface area (Å²) in [5, 5.41) is 1.66. The number of benzene rings is 1. The monoisotopic (exact) mass is 322 g/mol. The molecule has 3 rings (SSSR count). The highest BCUT2D eigenvalue weighted by Crippen LogP contribution is 2.36. The van der Waals surface area contributed by atoms with E-state index in [1.165, 1.54) is 11.3 Å². The van der Waals surface area contributed by atoms with E-state index < -0.39 is 0 Å². The number of carbonyl (C=O) groups is 1. The third kappa shape index (κ3) is 2.63. The van der Waals surface area contributed by atoms with Crippen LogP contribution in [0.15, 0.2) is 17.1 Å². The molecule has 2 aromatic rings. The molecule has 0 radical (unpaired) electrons. The number of aliphatic imine (C=N–C) groups is 1. The fourth-order valence-corrected chi connectivity index (χ4v) is 4.24. The van der Waals surface area contributed by atoms with Gasteiger partial charge in [-0.1, -0.05) is 0 Å². The van der Waals surface area contributed by atoms with Crippen LogP contribution in [-0.4, -0.2) is 41.8 Å². The van der Waals surface area contributed by atoms with Crippen LogP contribution in [0.5, 0.6) is 11.5 Å². The summed E-state index contributed by atoms with van der Waals surface area (Å²) in [7, 11) is 3.23. The maximum absolute atomic E-state index is 11.4. The molecule has 1 aliphatic rings. The fraction of sp³-hybridized carbons (Fsp3) is 0.357. The smallest absolute Gasteiger partial charge is 0.155 e. The first-order valence-corrected chi connectivity index (χ1v) is 8.16. The predicted octanol–water partition coefficient (Wildman–Crippen LogP) is 2.76. The van der Waals surface area contributed by atoms with Crippen molar-refractivity contribution in [3.63, 3.8) is 0 Å². The van der Waals surface area contributed by atoms with Crippen molar-refractivity contribution in [2.45, 2.75) is 13.0 Å². The number of Topliss-reactive ketones (excluding diaryl/α,β-unsaturated/α-hetero) is 1. The summed E-state index contributed by atoms with van der Waals surface area (Å²) >= 11 is 3.11. The SMILES string of the molecule is COc1cc(OC)c2nc(C3=NC(C(C)=O)CS3)sc2c1. The Morgan fingerprint density at radius 1 is 1.33 bits per heavy atom. The second-order valence-electron chi connectivity index (χ2n) is 4.57. The summed E-state index contributed by atoms with van der Waals surface area (Å²) in [6.07, 6.45) is 0. The van der Waals surface area contributed by atoms with Crippen molar-refractivity contribution < 1.29 is 14.3 Å². The van der Waals surface area contributed by atoms with E-state index in [9.17, 15) is 4.79 Å². The Morgan fingerprint density at radius 3 is 2.76 bits per heavy atom. The summed E-state index contributed by atoms with van der Waals surface area (Å²) < 4.78 is 11.6. The molecule has 2 heterocycles. The van der Waals surface area contributed by atoms with Gasteiger partial charge in [0.05, 0.1) is 18.9 Å². The normalized spacial score (nSPS) is 17.9. The molecule has 1 aliphatic heterocycles. The van der Waals surface area contributed by atoms with Gasteiger partial charge < -0.3 is 9.47 Å². The summed E-state index contributed by atoms with van der Waals surface area (Å²) in [5.41, 5.74) is 0.799. The van der Waals surface area contributed by atoms with Crippen molar-refractivity contribution in [3.8, 4) is 11.5 Å². The molecule has 21 heavy (non-hydrogen) atoms. The average Bonchev–Trinajstić information content (AvgIpc) is 3.12. The molecule has 0 fully saturated rings. The predicted molar refractivity (Wildman–Crippen MR) is 86.2 cm³/mol. The first-order valence-electron chi connectivity index (χ1n) is 6.36. The molecule has 5 nitrogen and oxygen atoms in total. The summed E-state index contributed by atoms with van der Waals surface area (Å²) in [4.78, 5) is 20.5. The minimum absolute atomic E-state index is 0.0952. The number of nitrogens with zero attached hydrogens (tertiary/aromatic N) is 2. The second-order valence-corrected chi connectivity index (χ2v) is 6.61. The van der Waals surface area contributed by atoms with E-state index in [0.717, 1.165) is 26.0 Å². The lowest BCUT2D eigenvalue weighted by Gasteiger charge is -2.03. The van der Waals surface area contributed by atoms with Crippen LogP contribution in [0.3, 0.4) is 0 Å². The Bertz CT molecular complexity index is 739. The molecule has 0 spiro atoms. The van der Waals surface area contributed by atoms with Gasteiger partial charge in [0.2, 0.25) is 0 Å². The number of fused-ring (bicyclic) bond motifs is 1. The van der Waals surface area contributed by atoms with Crippen molar-refractivity contribution in [1.82, 2.24) is 4.98 Å². The number of thiazole rings is 1. The maximum atomic E-state index is 11.4. The van der Waals surface area contributed by atoms with Crippen LogP contribution in [0.4, 0.5) is 0 Å². The molecule has 0 amide bonds. The van der Waals surface area contributed by atoms with Gasteiger partial charge in [-0.25, -0.2) is 4.98 Å². The third-order valence-corrected chi connectivity index (χ3v) is 5.39. The number of hydrogen-bond donors (Lipinski definition) is 0. The molecule has 0 saturated heterocycles. The lowest BCUT2D eigenvalue weighted by Crippen LogP contribution is -2.14. The van der Waals surface area contributed by atoms with Gasteiger partial charge >= 0.3 is 0 Å². The molecular formula is C14H14N2O3S2. The highest BCUT2D eigenvalue weighted by molar-refractivity contribution is 8.15. The largest absolute Gasteiger partial charge is 0.497 e. The van der Waals surface area contributed by atoms with E-state index in [4.69, 9.17) is 9.47 Å². The standard InChI is InChI=1S/C14H14N2O3S2/c1-7(17)9-6-20-13(15-9)14-16-12-10(19-3)4-8(18-2)5-11(12)21-14/h4-5,9H,6H2,1-3H3. The number of ether oxygens (including phenoxy) is 2. The minimum atomic E-state index is -0.242. The van der Waals surface area contributed by atoms with E-state index in [1.807, 2.05) is 12.1 Å². The molecule has 110 valence electrons. The van der Waals surface area contributed by atoms with E-state index in [-0.39, 0.29) is 11.8 Å². The first kappa shape index (κ1) is 14.3. The number of methoxy groups -OCH3 is 2. The lowest BCUT2D eigenvalue weighted by molar-refractivity contribution is -0.117. The van der Waals surface area contributed by atoms with Crippen LogP contribution >= 0.6 is 23.1 Å². The molecule has 1 aromatic heterocycles. The van der Waals surface area contributed by atoms with E-state index in [0.29, 0.717) is 11.5 Å². The third-order valence-electron chi connectivity index (χ3n) is 3.19. The van der Waals surface area contributed by atoms with Gasteiger partial charge in [-0.15, -0.1) is 23.1 Å². The first-order chi connectivity index (χ1) is 10.1. The van der Waals surface area contributed by atoms with Gasteiger partial charge in [0, 0.05) is 11.8 Å². The van der Waals surface area contributed by atoms with Crippen molar-refractivity contribution in [2.75, 3.05) is 20.0 Å². The van der Waals surface area contributed by atoms with Crippen molar-refractivity contribution >= 4 is 44.1 Å².